The maximum atomic E-state index is 11.3. The Morgan fingerprint density at radius 1 is 1.06 bits per heavy atom. The second kappa shape index (κ2) is 2.43. The number of benzene rings is 1. The first-order chi connectivity index (χ1) is 8.27. The zero-order chi connectivity index (χ0) is 11.3. The zero-order valence-corrected chi connectivity index (χ0v) is 9.60. The molecule has 1 aromatic rings. The fraction of sp³-hybridized carbons (Fsp3) is 0.533. The van der Waals surface area contributed by atoms with Crippen molar-refractivity contribution >= 4 is 5.91 Å². The van der Waals surface area contributed by atoms with Gasteiger partial charge in [-0.05, 0) is 71.6 Å². The van der Waals surface area contributed by atoms with Crippen molar-refractivity contribution in [1.82, 2.24) is 0 Å². The molecule has 2 nitrogen and oxygen atoms in total. The maximum absolute atomic E-state index is 11.3. The number of hydrogen-bond donors (Lipinski definition) is 1. The van der Waals surface area contributed by atoms with Crippen molar-refractivity contribution in [2.45, 2.75) is 24.7 Å². The smallest absolute Gasteiger partial charge is 0.248 e. The molecule has 0 radical (unpaired) electrons. The van der Waals surface area contributed by atoms with Crippen LogP contribution in [-0.4, -0.2) is 5.91 Å². The van der Waals surface area contributed by atoms with Crippen molar-refractivity contribution in [3.8, 4) is 0 Å². The maximum Gasteiger partial charge on any atom is 0.248 e. The van der Waals surface area contributed by atoms with Crippen molar-refractivity contribution < 1.29 is 4.79 Å². The number of fused-ring (bicyclic) bond motifs is 7. The fourth-order valence-corrected chi connectivity index (χ4v) is 5.31. The Hall–Kier alpha value is -1.31. The Morgan fingerprint density at radius 2 is 1.88 bits per heavy atom. The minimum absolute atomic E-state index is 0.284. The molecule has 0 bridgehead atoms. The molecule has 4 aliphatic rings. The monoisotopic (exact) mass is 225 g/mol. The van der Waals surface area contributed by atoms with E-state index < -0.39 is 0 Å². The first-order valence-electron chi connectivity index (χ1n) is 6.71. The van der Waals surface area contributed by atoms with Crippen LogP contribution in [0.3, 0.4) is 0 Å². The minimum atomic E-state index is -0.284. The lowest BCUT2D eigenvalue weighted by Gasteiger charge is -2.36. The lowest BCUT2D eigenvalue weighted by Crippen LogP contribution is -2.27. The second-order valence-electron chi connectivity index (χ2n) is 6.32. The van der Waals surface area contributed by atoms with Crippen molar-refractivity contribution in [3.05, 3.63) is 34.9 Å². The normalized spacial score (nSPS) is 46.8. The van der Waals surface area contributed by atoms with Crippen LogP contribution in [0.2, 0.25) is 0 Å². The van der Waals surface area contributed by atoms with Gasteiger partial charge in [-0.25, -0.2) is 0 Å². The van der Waals surface area contributed by atoms with Gasteiger partial charge in [0.15, 0.2) is 0 Å². The highest BCUT2D eigenvalue weighted by atomic mass is 16.1. The van der Waals surface area contributed by atoms with E-state index in [9.17, 15) is 4.79 Å². The summed E-state index contributed by atoms with van der Waals surface area (Å²) in [4.78, 5) is 11.3. The van der Waals surface area contributed by atoms with Gasteiger partial charge >= 0.3 is 0 Å². The SMILES string of the molecule is NC(=O)c1ccc2c(c1)[C@@H]1[C@@H]3CC[C@@H]3[C@@H]3[C@@H]2[C@H]13. The van der Waals surface area contributed by atoms with E-state index in [2.05, 4.69) is 12.1 Å². The molecule has 3 saturated carbocycles. The fourth-order valence-electron chi connectivity index (χ4n) is 5.31. The van der Waals surface area contributed by atoms with Gasteiger partial charge in [-0.3, -0.25) is 4.79 Å². The van der Waals surface area contributed by atoms with Gasteiger partial charge in [-0.1, -0.05) is 6.07 Å². The average molecular weight is 225 g/mol. The van der Waals surface area contributed by atoms with Gasteiger partial charge in [0.2, 0.25) is 5.91 Å². The number of nitrogens with two attached hydrogens (primary N) is 1. The van der Waals surface area contributed by atoms with Gasteiger partial charge in [-0.15, -0.1) is 0 Å². The predicted molar refractivity (Wildman–Crippen MR) is 63.6 cm³/mol. The number of amides is 1. The molecule has 5 rings (SSSR count). The Kier molecular flexibility index (Phi) is 1.25. The molecule has 1 amide bonds. The summed E-state index contributed by atoms with van der Waals surface area (Å²) in [6, 6.07) is 6.19. The molecule has 0 aromatic heterocycles. The quantitative estimate of drug-likeness (QED) is 0.782. The molecule has 86 valence electrons. The molecule has 0 unspecified atom stereocenters. The largest absolute Gasteiger partial charge is 0.366 e. The summed E-state index contributed by atoms with van der Waals surface area (Å²) in [6.45, 7) is 0. The van der Waals surface area contributed by atoms with Crippen LogP contribution in [0.1, 0.15) is 46.2 Å². The zero-order valence-electron chi connectivity index (χ0n) is 9.60. The van der Waals surface area contributed by atoms with Crippen LogP contribution in [0, 0.1) is 23.7 Å². The van der Waals surface area contributed by atoms with Crippen molar-refractivity contribution in [3.63, 3.8) is 0 Å². The summed E-state index contributed by atoms with van der Waals surface area (Å²) in [5, 5.41) is 0. The minimum Gasteiger partial charge on any atom is -0.366 e. The van der Waals surface area contributed by atoms with E-state index in [-0.39, 0.29) is 5.91 Å². The Morgan fingerprint density at radius 3 is 2.59 bits per heavy atom. The highest BCUT2D eigenvalue weighted by Gasteiger charge is 2.73. The van der Waals surface area contributed by atoms with Gasteiger partial charge in [-0.2, -0.15) is 0 Å². The van der Waals surface area contributed by atoms with E-state index in [0.29, 0.717) is 5.56 Å². The van der Waals surface area contributed by atoms with E-state index in [0.717, 1.165) is 35.5 Å². The first-order valence-corrected chi connectivity index (χ1v) is 6.71. The first kappa shape index (κ1) is 8.73. The molecule has 2 heteroatoms. The summed E-state index contributed by atoms with van der Waals surface area (Å²) in [6.07, 6.45) is 2.87. The molecule has 0 saturated heterocycles. The molecule has 0 spiro atoms. The van der Waals surface area contributed by atoms with E-state index in [4.69, 9.17) is 5.73 Å². The lowest BCUT2D eigenvalue weighted by molar-refractivity contribution is 0.1000. The van der Waals surface area contributed by atoms with Crippen molar-refractivity contribution in [2.75, 3.05) is 0 Å². The number of rotatable bonds is 1. The third-order valence-corrected chi connectivity index (χ3v) is 5.98. The second-order valence-corrected chi connectivity index (χ2v) is 6.32. The van der Waals surface area contributed by atoms with Crippen LogP contribution in [-0.2, 0) is 0 Å². The Labute approximate surface area is 100 Å². The van der Waals surface area contributed by atoms with E-state index in [1.54, 1.807) is 5.56 Å². The number of carbonyl (C=O) groups is 1. The third kappa shape index (κ3) is 0.791. The van der Waals surface area contributed by atoms with Crippen LogP contribution in [0.15, 0.2) is 18.2 Å². The van der Waals surface area contributed by atoms with E-state index in [1.165, 1.54) is 18.4 Å². The molecular weight excluding hydrogens is 210 g/mol. The Bertz CT molecular complexity index is 564. The van der Waals surface area contributed by atoms with Crippen LogP contribution in [0.25, 0.3) is 0 Å². The summed E-state index contributed by atoms with van der Waals surface area (Å²) >= 11 is 0. The molecule has 1 aromatic carbocycles. The van der Waals surface area contributed by atoms with Gasteiger partial charge in [0.25, 0.3) is 0 Å². The van der Waals surface area contributed by atoms with E-state index in [1.807, 2.05) is 6.07 Å². The predicted octanol–water partition coefficient (Wildman–Crippen LogP) is 2.25. The highest BCUT2D eigenvalue weighted by molar-refractivity contribution is 5.93. The standard InChI is InChI=1S/C15H15NO/c16-15(17)6-1-2-9-10(5-6)11-7-3-4-8(7)12-13(9)14(11)12/h1-2,5,7-8,11-14H,3-4H2,(H2,16,17)/t7-,8+,11+,12-,13-,14-/m1/s1. The number of primary amides is 1. The van der Waals surface area contributed by atoms with Gasteiger partial charge < -0.3 is 5.73 Å². The molecule has 6 atom stereocenters. The van der Waals surface area contributed by atoms with Gasteiger partial charge in [0.1, 0.15) is 0 Å². The summed E-state index contributed by atoms with van der Waals surface area (Å²) in [5.74, 6) is 5.23. The van der Waals surface area contributed by atoms with Crippen LogP contribution in [0.4, 0.5) is 0 Å². The molecule has 4 aliphatic carbocycles. The molecule has 3 fully saturated rings. The van der Waals surface area contributed by atoms with Crippen LogP contribution >= 0.6 is 0 Å². The van der Waals surface area contributed by atoms with Crippen LogP contribution < -0.4 is 5.73 Å². The molecule has 0 heterocycles. The highest BCUT2D eigenvalue weighted by Crippen LogP contribution is 2.81. The average Bonchev–Trinajstić information content (AvgIpc) is 2.81. The molecular formula is C15H15NO. The van der Waals surface area contributed by atoms with E-state index >= 15 is 0 Å². The molecule has 17 heavy (non-hydrogen) atoms. The van der Waals surface area contributed by atoms with Crippen LogP contribution in [0.5, 0.6) is 0 Å². The van der Waals surface area contributed by atoms with Gasteiger partial charge in [0.05, 0.1) is 0 Å². The number of carbonyl (C=O) groups excluding carboxylic acids is 1. The molecule has 0 aliphatic heterocycles. The number of hydrogen-bond acceptors (Lipinski definition) is 1. The summed E-state index contributed by atoms with van der Waals surface area (Å²) < 4.78 is 0. The van der Waals surface area contributed by atoms with Gasteiger partial charge in [0, 0.05) is 5.56 Å². The topological polar surface area (TPSA) is 43.1 Å². The lowest BCUT2D eigenvalue weighted by atomic mass is 9.69. The van der Waals surface area contributed by atoms with Crippen molar-refractivity contribution in [1.29, 1.82) is 0 Å². The molecule has 2 N–H and O–H groups in total. The summed E-state index contributed by atoms with van der Waals surface area (Å²) in [5.41, 5.74) is 9.10. The van der Waals surface area contributed by atoms with Crippen molar-refractivity contribution in [2.24, 2.45) is 29.4 Å². The third-order valence-electron chi connectivity index (χ3n) is 5.98. The summed E-state index contributed by atoms with van der Waals surface area (Å²) in [7, 11) is 0. The Balaban J connectivity index is 1.69.